The maximum Gasteiger partial charge on any atom is 0.0397 e. The molecule has 2 aliphatic rings. The predicted molar refractivity (Wildman–Crippen MR) is 64.1 cm³/mol. The molecule has 2 N–H and O–H groups in total. The van der Waals surface area contributed by atoms with Gasteiger partial charge in [0.25, 0.3) is 0 Å². The highest BCUT2D eigenvalue weighted by molar-refractivity contribution is 5.61. The van der Waals surface area contributed by atoms with E-state index >= 15 is 0 Å². The normalized spacial score (nSPS) is 22.3. The Bertz CT molecular complexity index is 386. The largest absolute Gasteiger partial charge is 0.399 e. The number of rotatable bonds is 1. The van der Waals surface area contributed by atoms with E-state index in [2.05, 4.69) is 24.0 Å². The summed E-state index contributed by atoms with van der Waals surface area (Å²) in [7, 11) is 0. The maximum absolute atomic E-state index is 5.76. The number of nitrogen functional groups attached to an aromatic ring is 1. The Hall–Kier alpha value is -1.18. The standard InChI is InChI=1S/C13H18N2/c1-10-7-11(14)3-4-12(10)15-8-13(9-15)5-2-6-13/h3-4,7H,2,5-6,8-9,14H2,1H3. The van der Waals surface area contributed by atoms with Crippen LogP contribution in [0.15, 0.2) is 18.2 Å². The lowest BCUT2D eigenvalue weighted by molar-refractivity contribution is 0.0903. The smallest absolute Gasteiger partial charge is 0.0397 e. The van der Waals surface area contributed by atoms with Crippen LogP contribution in [0.2, 0.25) is 0 Å². The maximum atomic E-state index is 5.76. The van der Waals surface area contributed by atoms with Crippen molar-refractivity contribution in [3.8, 4) is 0 Å². The minimum atomic E-state index is 0.702. The number of benzene rings is 1. The van der Waals surface area contributed by atoms with Gasteiger partial charge in [-0.1, -0.05) is 6.42 Å². The zero-order valence-corrected chi connectivity index (χ0v) is 9.29. The molecule has 15 heavy (non-hydrogen) atoms. The van der Waals surface area contributed by atoms with Gasteiger partial charge in [0.15, 0.2) is 0 Å². The molecule has 0 unspecified atom stereocenters. The molecule has 1 aromatic carbocycles. The van der Waals surface area contributed by atoms with E-state index in [4.69, 9.17) is 5.73 Å². The van der Waals surface area contributed by atoms with Crippen LogP contribution in [0.1, 0.15) is 24.8 Å². The number of nitrogens with two attached hydrogens (primary N) is 1. The van der Waals surface area contributed by atoms with Crippen molar-refractivity contribution in [3.63, 3.8) is 0 Å². The summed E-state index contributed by atoms with van der Waals surface area (Å²) in [6.07, 6.45) is 4.32. The summed E-state index contributed by atoms with van der Waals surface area (Å²) in [5.74, 6) is 0. The number of hydrogen-bond donors (Lipinski definition) is 1. The van der Waals surface area contributed by atoms with Crippen LogP contribution in [-0.2, 0) is 0 Å². The summed E-state index contributed by atoms with van der Waals surface area (Å²) in [6, 6.07) is 6.24. The zero-order valence-electron chi connectivity index (χ0n) is 9.29. The van der Waals surface area contributed by atoms with Crippen LogP contribution in [0, 0.1) is 12.3 Å². The monoisotopic (exact) mass is 202 g/mol. The van der Waals surface area contributed by atoms with Crippen LogP contribution >= 0.6 is 0 Å². The molecular weight excluding hydrogens is 184 g/mol. The second-order valence-corrected chi connectivity index (χ2v) is 5.26. The van der Waals surface area contributed by atoms with Gasteiger partial charge in [0.1, 0.15) is 0 Å². The average molecular weight is 202 g/mol. The summed E-state index contributed by atoms with van der Waals surface area (Å²) in [5.41, 5.74) is 10.0. The SMILES string of the molecule is Cc1cc(N)ccc1N1CC2(CCC2)C1. The van der Waals surface area contributed by atoms with E-state index in [0.29, 0.717) is 5.41 Å². The van der Waals surface area contributed by atoms with Gasteiger partial charge in [-0.15, -0.1) is 0 Å². The number of aryl methyl sites for hydroxylation is 1. The second kappa shape index (κ2) is 2.91. The lowest BCUT2D eigenvalue weighted by Crippen LogP contribution is -2.60. The van der Waals surface area contributed by atoms with Crippen LogP contribution in [-0.4, -0.2) is 13.1 Å². The molecule has 1 aromatic rings. The molecule has 1 aliphatic heterocycles. The lowest BCUT2D eigenvalue weighted by atomic mass is 9.63. The fourth-order valence-electron chi connectivity index (χ4n) is 2.96. The fourth-order valence-corrected chi connectivity index (χ4v) is 2.96. The Morgan fingerprint density at radius 3 is 2.53 bits per heavy atom. The van der Waals surface area contributed by atoms with E-state index in [1.165, 1.54) is 43.6 Å². The van der Waals surface area contributed by atoms with Gasteiger partial charge in [-0.2, -0.15) is 0 Å². The van der Waals surface area contributed by atoms with Crippen molar-refractivity contribution >= 4 is 11.4 Å². The third-order valence-corrected chi connectivity index (χ3v) is 4.03. The summed E-state index contributed by atoms with van der Waals surface area (Å²) in [6.45, 7) is 4.67. The Morgan fingerprint density at radius 2 is 2.00 bits per heavy atom. The first kappa shape index (κ1) is 9.08. The van der Waals surface area contributed by atoms with E-state index in [1.54, 1.807) is 0 Å². The van der Waals surface area contributed by atoms with Gasteiger partial charge < -0.3 is 10.6 Å². The molecule has 2 nitrogen and oxygen atoms in total. The molecule has 0 aromatic heterocycles. The Labute approximate surface area is 91.1 Å². The van der Waals surface area contributed by atoms with E-state index in [1.807, 2.05) is 6.07 Å². The molecule has 2 heteroatoms. The molecule has 1 saturated heterocycles. The van der Waals surface area contributed by atoms with Gasteiger partial charge >= 0.3 is 0 Å². The van der Waals surface area contributed by atoms with Crippen LogP contribution in [0.5, 0.6) is 0 Å². The summed E-state index contributed by atoms with van der Waals surface area (Å²) < 4.78 is 0. The molecule has 1 spiro atoms. The molecule has 80 valence electrons. The van der Waals surface area contributed by atoms with Gasteiger partial charge in [-0.05, 0) is 43.5 Å². The number of nitrogens with zero attached hydrogens (tertiary/aromatic N) is 1. The van der Waals surface area contributed by atoms with Crippen molar-refractivity contribution in [3.05, 3.63) is 23.8 Å². The van der Waals surface area contributed by atoms with Crippen LogP contribution in [0.3, 0.4) is 0 Å². The van der Waals surface area contributed by atoms with Gasteiger partial charge in [0.2, 0.25) is 0 Å². The molecule has 2 fully saturated rings. The van der Waals surface area contributed by atoms with E-state index in [0.717, 1.165) is 5.69 Å². The highest BCUT2D eigenvalue weighted by Gasteiger charge is 2.47. The lowest BCUT2D eigenvalue weighted by Gasteiger charge is -2.57. The van der Waals surface area contributed by atoms with Crippen LogP contribution < -0.4 is 10.6 Å². The molecule has 0 radical (unpaired) electrons. The van der Waals surface area contributed by atoms with E-state index < -0.39 is 0 Å². The number of hydrogen-bond acceptors (Lipinski definition) is 2. The van der Waals surface area contributed by atoms with Crippen LogP contribution in [0.25, 0.3) is 0 Å². The molecule has 0 bridgehead atoms. The van der Waals surface area contributed by atoms with Gasteiger partial charge in [-0.3, -0.25) is 0 Å². The topological polar surface area (TPSA) is 29.3 Å². The predicted octanol–water partition coefficient (Wildman–Crippen LogP) is 2.57. The highest BCUT2D eigenvalue weighted by Crippen LogP contribution is 2.49. The van der Waals surface area contributed by atoms with Crippen molar-refractivity contribution in [1.82, 2.24) is 0 Å². The van der Waals surface area contributed by atoms with E-state index in [9.17, 15) is 0 Å². The van der Waals surface area contributed by atoms with E-state index in [-0.39, 0.29) is 0 Å². The molecule has 1 aliphatic carbocycles. The van der Waals surface area contributed by atoms with Crippen molar-refractivity contribution in [1.29, 1.82) is 0 Å². The molecule has 3 rings (SSSR count). The molecular formula is C13H18N2. The Balaban J connectivity index is 1.77. The quantitative estimate of drug-likeness (QED) is 0.709. The van der Waals surface area contributed by atoms with Gasteiger partial charge in [-0.25, -0.2) is 0 Å². The molecule has 0 atom stereocenters. The third kappa shape index (κ3) is 1.31. The molecule has 1 saturated carbocycles. The minimum absolute atomic E-state index is 0.702. The van der Waals surface area contributed by atoms with Crippen molar-refractivity contribution in [2.24, 2.45) is 5.41 Å². The first-order valence-electron chi connectivity index (χ1n) is 5.80. The second-order valence-electron chi connectivity index (χ2n) is 5.26. The summed E-state index contributed by atoms with van der Waals surface area (Å²) >= 11 is 0. The molecule has 0 amide bonds. The van der Waals surface area contributed by atoms with Gasteiger partial charge in [0, 0.05) is 29.9 Å². The fraction of sp³-hybridized carbons (Fsp3) is 0.538. The molecule has 1 heterocycles. The van der Waals surface area contributed by atoms with Crippen molar-refractivity contribution in [2.75, 3.05) is 23.7 Å². The first-order valence-corrected chi connectivity index (χ1v) is 5.80. The average Bonchev–Trinajstić information content (AvgIpc) is 2.03. The van der Waals surface area contributed by atoms with Crippen LogP contribution in [0.4, 0.5) is 11.4 Å². The van der Waals surface area contributed by atoms with Gasteiger partial charge in [0.05, 0.1) is 0 Å². The number of anilines is 2. The summed E-state index contributed by atoms with van der Waals surface area (Å²) in [5, 5.41) is 0. The first-order chi connectivity index (χ1) is 7.19. The Morgan fingerprint density at radius 1 is 1.27 bits per heavy atom. The van der Waals surface area contributed by atoms with Crippen molar-refractivity contribution in [2.45, 2.75) is 26.2 Å². The summed E-state index contributed by atoms with van der Waals surface area (Å²) in [4.78, 5) is 2.49. The Kier molecular flexibility index (Phi) is 1.76. The third-order valence-electron chi connectivity index (χ3n) is 4.03. The minimum Gasteiger partial charge on any atom is -0.399 e. The highest BCUT2D eigenvalue weighted by atomic mass is 15.2. The zero-order chi connectivity index (χ0) is 10.5. The van der Waals surface area contributed by atoms with Crippen molar-refractivity contribution < 1.29 is 0 Å².